The van der Waals surface area contributed by atoms with E-state index in [0.29, 0.717) is 45.7 Å². The van der Waals surface area contributed by atoms with Crippen LogP contribution < -0.4 is 5.32 Å². The van der Waals surface area contributed by atoms with Crippen molar-refractivity contribution in [1.29, 1.82) is 0 Å². The van der Waals surface area contributed by atoms with E-state index in [4.69, 9.17) is 4.52 Å². The molecule has 4 rings (SSSR count). The highest BCUT2D eigenvalue weighted by Gasteiger charge is 2.23. The van der Waals surface area contributed by atoms with Crippen molar-refractivity contribution in [3.63, 3.8) is 0 Å². The van der Waals surface area contributed by atoms with Crippen molar-refractivity contribution in [2.45, 2.75) is 20.4 Å². The lowest BCUT2D eigenvalue weighted by molar-refractivity contribution is -0.384. The largest absolute Gasteiger partial charge is 0.348 e. The molecule has 0 saturated heterocycles. The molecule has 0 fully saturated rings. The van der Waals surface area contributed by atoms with Gasteiger partial charge in [0.05, 0.1) is 27.3 Å². The molecule has 150 valence electrons. The van der Waals surface area contributed by atoms with Gasteiger partial charge >= 0.3 is 0 Å². The number of carbonyl (C=O) groups excluding carboxylic acids is 1. The molecule has 2 aromatic carbocycles. The number of fused-ring (bicyclic) bond motifs is 1. The quantitative estimate of drug-likeness (QED) is 0.392. The van der Waals surface area contributed by atoms with E-state index in [1.165, 1.54) is 12.1 Å². The SMILES string of the molecule is Cc1noc2nc(-c3ccc([N+](=O)[O-])cc3)c(C(=O)NCc3ccccc3)c(C)c12. The number of aromatic nitrogens is 2. The summed E-state index contributed by atoms with van der Waals surface area (Å²) in [5, 5.41) is 18.6. The van der Waals surface area contributed by atoms with E-state index in [1.807, 2.05) is 37.3 Å². The first-order valence-corrected chi connectivity index (χ1v) is 9.29. The Kier molecular flexibility index (Phi) is 4.97. The van der Waals surface area contributed by atoms with Crippen LogP contribution in [0.1, 0.15) is 27.2 Å². The minimum absolute atomic E-state index is 0.0397. The Balaban J connectivity index is 1.80. The molecule has 0 aliphatic rings. The number of amides is 1. The maximum atomic E-state index is 13.2. The summed E-state index contributed by atoms with van der Waals surface area (Å²) in [5.41, 5.74) is 3.93. The fourth-order valence-corrected chi connectivity index (χ4v) is 3.42. The van der Waals surface area contributed by atoms with Gasteiger partial charge in [-0.1, -0.05) is 35.5 Å². The molecule has 0 aliphatic carbocycles. The number of nitrogens with one attached hydrogen (secondary N) is 1. The van der Waals surface area contributed by atoms with E-state index in [-0.39, 0.29) is 11.6 Å². The number of aryl methyl sites for hydroxylation is 2. The van der Waals surface area contributed by atoms with Gasteiger partial charge in [-0.2, -0.15) is 0 Å². The highest BCUT2D eigenvalue weighted by Crippen LogP contribution is 2.32. The highest BCUT2D eigenvalue weighted by molar-refractivity contribution is 6.05. The van der Waals surface area contributed by atoms with Crippen molar-refractivity contribution in [3.8, 4) is 11.3 Å². The number of nitro groups is 1. The summed E-state index contributed by atoms with van der Waals surface area (Å²) in [6, 6.07) is 15.5. The summed E-state index contributed by atoms with van der Waals surface area (Å²) in [4.78, 5) is 28.2. The fraction of sp³-hybridized carbons (Fsp3) is 0.136. The lowest BCUT2D eigenvalue weighted by atomic mass is 9.98. The van der Waals surface area contributed by atoms with Gasteiger partial charge in [-0.15, -0.1) is 0 Å². The maximum Gasteiger partial charge on any atom is 0.269 e. The van der Waals surface area contributed by atoms with E-state index >= 15 is 0 Å². The molecule has 2 heterocycles. The monoisotopic (exact) mass is 402 g/mol. The number of benzene rings is 2. The number of pyridine rings is 1. The first-order chi connectivity index (χ1) is 14.5. The molecule has 4 aromatic rings. The zero-order valence-electron chi connectivity index (χ0n) is 16.4. The first-order valence-electron chi connectivity index (χ1n) is 9.29. The standard InChI is InChI=1S/C22H18N4O4/c1-13-18-14(2)25-30-22(18)24-20(16-8-10-17(11-9-16)26(28)29)19(13)21(27)23-12-15-6-4-3-5-7-15/h3-11H,12H2,1-2H3,(H,23,27). The topological polar surface area (TPSA) is 111 Å². The third-order valence-electron chi connectivity index (χ3n) is 4.92. The number of nitro benzene ring substituents is 1. The van der Waals surface area contributed by atoms with Crippen LogP contribution in [0.2, 0.25) is 0 Å². The van der Waals surface area contributed by atoms with E-state index in [9.17, 15) is 14.9 Å². The molecule has 8 heteroatoms. The van der Waals surface area contributed by atoms with Crippen LogP contribution >= 0.6 is 0 Å². The molecule has 30 heavy (non-hydrogen) atoms. The van der Waals surface area contributed by atoms with E-state index < -0.39 is 4.92 Å². The fourth-order valence-electron chi connectivity index (χ4n) is 3.42. The van der Waals surface area contributed by atoms with Gasteiger partial charge in [-0.25, -0.2) is 4.98 Å². The first kappa shape index (κ1) is 19.3. The minimum atomic E-state index is -0.473. The van der Waals surface area contributed by atoms with Gasteiger partial charge < -0.3 is 9.84 Å². The molecule has 0 unspecified atom stereocenters. The van der Waals surface area contributed by atoms with Crippen LogP contribution in [0.4, 0.5) is 5.69 Å². The van der Waals surface area contributed by atoms with Gasteiger partial charge in [0.1, 0.15) is 0 Å². The number of carbonyl (C=O) groups is 1. The molecule has 0 aliphatic heterocycles. The second kappa shape index (κ2) is 7.75. The Bertz CT molecular complexity index is 1250. The Hall–Kier alpha value is -4.07. The van der Waals surface area contributed by atoms with Gasteiger partial charge in [0.25, 0.3) is 17.3 Å². The number of rotatable bonds is 5. The summed E-state index contributed by atoms with van der Waals surface area (Å²) < 4.78 is 5.32. The van der Waals surface area contributed by atoms with E-state index in [1.54, 1.807) is 19.1 Å². The molecular weight excluding hydrogens is 384 g/mol. The van der Waals surface area contributed by atoms with Crippen LogP contribution in [0.15, 0.2) is 59.1 Å². The molecule has 1 amide bonds. The summed E-state index contributed by atoms with van der Waals surface area (Å²) in [5.74, 6) is -0.292. The van der Waals surface area contributed by atoms with Gasteiger partial charge in [-0.05, 0) is 37.1 Å². The maximum absolute atomic E-state index is 13.2. The van der Waals surface area contributed by atoms with Crippen LogP contribution in [0.5, 0.6) is 0 Å². The zero-order chi connectivity index (χ0) is 21.3. The number of hydrogen-bond donors (Lipinski definition) is 1. The second-order valence-corrected chi connectivity index (χ2v) is 6.88. The summed E-state index contributed by atoms with van der Waals surface area (Å²) in [6.07, 6.45) is 0. The summed E-state index contributed by atoms with van der Waals surface area (Å²) in [7, 11) is 0. The minimum Gasteiger partial charge on any atom is -0.348 e. The van der Waals surface area contributed by atoms with Gasteiger partial charge in [-0.3, -0.25) is 14.9 Å². The molecule has 0 radical (unpaired) electrons. The molecule has 0 bridgehead atoms. The van der Waals surface area contributed by atoms with Crippen LogP contribution in [0.25, 0.3) is 22.4 Å². The van der Waals surface area contributed by atoms with Crippen molar-refractivity contribution in [3.05, 3.63) is 87.1 Å². The molecule has 0 atom stereocenters. The van der Waals surface area contributed by atoms with Crippen molar-refractivity contribution < 1.29 is 14.2 Å². The average molecular weight is 402 g/mol. The normalized spacial score (nSPS) is 10.9. The lowest BCUT2D eigenvalue weighted by Crippen LogP contribution is -2.25. The third kappa shape index (κ3) is 3.50. The van der Waals surface area contributed by atoms with Crippen molar-refractivity contribution in [2.75, 3.05) is 0 Å². The van der Waals surface area contributed by atoms with Gasteiger partial charge in [0.15, 0.2) is 0 Å². The zero-order valence-corrected chi connectivity index (χ0v) is 16.4. The Morgan fingerprint density at radius 3 is 2.47 bits per heavy atom. The molecule has 1 N–H and O–H groups in total. The lowest BCUT2D eigenvalue weighted by Gasteiger charge is -2.13. The van der Waals surface area contributed by atoms with Crippen molar-refractivity contribution in [2.24, 2.45) is 0 Å². The van der Waals surface area contributed by atoms with Crippen LogP contribution in [-0.4, -0.2) is 21.0 Å². The van der Waals surface area contributed by atoms with E-state index in [0.717, 1.165) is 5.56 Å². The predicted molar refractivity (Wildman–Crippen MR) is 111 cm³/mol. The molecule has 2 aromatic heterocycles. The Labute approximate surface area is 171 Å². The molecular formula is C22H18N4O4. The second-order valence-electron chi connectivity index (χ2n) is 6.88. The molecule has 8 nitrogen and oxygen atoms in total. The van der Waals surface area contributed by atoms with E-state index in [2.05, 4.69) is 15.5 Å². The van der Waals surface area contributed by atoms with Crippen LogP contribution in [-0.2, 0) is 6.54 Å². The number of nitrogens with zero attached hydrogens (tertiary/aromatic N) is 3. The summed E-state index contributed by atoms with van der Waals surface area (Å²) >= 11 is 0. The van der Waals surface area contributed by atoms with Crippen molar-refractivity contribution >= 4 is 22.7 Å². The van der Waals surface area contributed by atoms with Gasteiger partial charge in [0, 0.05) is 24.2 Å². The smallest absolute Gasteiger partial charge is 0.269 e. The highest BCUT2D eigenvalue weighted by atomic mass is 16.6. The number of non-ortho nitro benzene ring substituents is 1. The van der Waals surface area contributed by atoms with Crippen LogP contribution in [0.3, 0.4) is 0 Å². The average Bonchev–Trinajstić information content (AvgIpc) is 3.13. The third-order valence-corrected chi connectivity index (χ3v) is 4.92. The number of hydrogen-bond acceptors (Lipinski definition) is 6. The van der Waals surface area contributed by atoms with Gasteiger partial charge in [0.2, 0.25) is 0 Å². The predicted octanol–water partition coefficient (Wildman–Crippen LogP) is 4.34. The molecule has 0 spiro atoms. The Morgan fingerprint density at radius 2 is 1.80 bits per heavy atom. The Morgan fingerprint density at radius 1 is 1.10 bits per heavy atom. The molecule has 0 saturated carbocycles. The van der Waals surface area contributed by atoms with Crippen molar-refractivity contribution in [1.82, 2.24) is 15.5 Å². The van der Waals surface area contributed by atoms with Crippen LogP contribution in [0, 0.1) is 24.0 Å². The summed E-state index contributed by atoms with van der Waals surface area (Å²) in [6.45, 7) is 3.97.